The average Bonchev–Trinajstić information content (AvgIpc) is 2.54. The minimum atomic E-state index is -0.989. The summed E-state index contributed by atoms with van der Waals surface area (Å²) in [4.78, 5) is 29.1. The summed E-state index contributed by atoms with van der Waals surface area (Å²) in [6.07, 6.45) is 1.88. The number of carboxylic acid groups (broad SMARTS) is 1. The summed E-state index contributed by atoms with van der Waals surface area (Å²) in [6, 6.07) is 8.46. The van der Waals surface area contributed by atoms with E-state index in [-0.39, 0.29) is 30.9 Å². The zero-order chi connectivity index (χ0) is 16.4. The van der Waals surface area contributed by atoms with Crippen molar-refractivity contribution in [1.29, 1.82) is 0 Å². The number of carboxylic acids is 1. The summed E-state index contributed by atoms with van der Waals surface area (Å²) in [6.45, 7) is 0.483. The monoisotopic (exact) mass is 312 g/mol. The van der Waals surface area contributed by atoms with Crippen LogP contribution in [-0.2, 0) is 11.2 Å². The maximum atomic E-state index is 11.9. The standard InChI is InChI=1S/C17H16N2O4/c20-7-6-19-10-13(21)9-15-16(19)14(4-5-18-15)11-2-1-3-12(8-11)17(22)23/h1-5,8,20H,6-7,9-10H2,(H,22,23). The number of aromatic carboxylic acids is 1. The van der Waals surface area contributed by atoms with Crippen LogP contribution in [0.5, 0.6) is 0 Å². The summed E-state index contributed by atoms with van der Waals surface area (Å²) in [5.41, 5.74) is 3.23. The predicted octanol–water partition coefficient (Wildman–Crippen LogP) is 1.37. The molecule has 1 aliphatic rings. The maximum absolute atomic E-state index is 11.9. The summed E-state index contributed by atoms with van der Waals surface area (Å²) in [5, 5.41) is 18.4. The normalized spacial score (nSPS) is 13.8. The Morgan fingerprint density at radius 2 is 2.13 bits per heavy atom. The highest BCUT2D eigenvalue weighted by Crippen LogP contribution is 2.35. The van der Waals surface area contributed by atoms with Gasteiger partial charge in [-0.05, 0) is 23.8 Å². The molecule has 0 aliphatic carbocycles. The Kier molecular flexibility index (Phi) is 4.08. The summed E-state index contributed by atoms with van der Waals surface area (Å²) < 4.78 is 0. The summed E-state index contributed by atoms with van der Waals surface area (Å²) in [7, 11) is 0. The molecule has 0 saturated carbocycles. The highest BCUT2D eigenvalue weighted by molar-refractivity contribution is 5.95. The number of nitrogens with zero attached hydrogens (tertiary/aromatic N) is 2. The summed E-state index contributed by atoms with van der Waals surface area (Å²) in [5.74, 6) is -0.938. The van der Waals surface area contributed by atoms with Crippen molar-refractivity contribution in [2.45, 2.75) is 6.42 Å². The van der Waals surface area contributed by atoms with E-state index >= 15 is 0 Å². The van der Waals surface area contributed by atoms with Gasteiger partial charge in [-0.2, -0.15) is 0 Å². The number of pyridine rings is 1. The van der Waals surface area contributed by atoms with E-state index in [0.29, 0.717) is 12.2 Å². The van der Waals surface area contributed by atoms with Crippen LogP contribution in [-0.4, -0.2) is 46.6 Å². The van der Waals surface area contributed by atoms with E-state index in [1.807, 2.05) is 6.07 Å². The van der Waals surface area contributed by atoms with Crippen molar-refractivity contribution in [1.82, 2.24) is 4.98 Å². The van der Waals surface area contributed by atoms with Gasteiger partial charge in [0.25, 0.3) is 0 Å². The van der Waals surface area contributed by atoms with Crippen molar-refractivity contribution < 1.29 is 19.8 Å². The Balaban J connectivity index is 2.14. The molecular formula is C17H16N2O4. The number of ketones is 1. The van der Waals surface area contributed by atoms with Gasteiger partial charge in [0.15, 0.2) is 5.78 Å². The van der Waals surface area contributed by atoms with E-state index in [0.717, 1.165) is 16.8 Å². The van der Waals surface area contributed by atoms with Crippen molar-refractivity contribution in [2.75, 3.05) is 24.6 Å². The number of carbonyl (C=O) groups is 2. The molecule has 0 saturated heterocycles. The molecule has 6 heteroatoms. The second kappa shape index (κ2) is 6.18. The third kappa shape index (κ3) is 2.93. The maximum Gasteiger partial charge on any atom is 0.335 e. The number of Topliss-reactive ketones (excluding diaryl/α,β-unsaturated/α-hetero) is 1. The van der Waals surface area contributed by atoms with Crippen molar-refractivity contribution in [3.63, 3.8) is 0 Å². The molecule has 0 amide bonds. The zero-order valence-electron chi connectivity index (χ0n) is 12.4. The molecule has 23 heavy (non-hydrogen) atoms. The topological polar surface area (TPSA) is 90.7 Å². The number of aliphatic hydroxyl groups excluding tert-OH is 1. The van der Waals surface area contributed by atoms with Crippen molar-refractivity contribution in [3.8, 4) is 11.1 Å². The number of aliphatic hydroxyl groups is 1. The number of β-amino-alcohol motifs (C(OH)–C–C–N with tert-alkyl or cyclic N) is 1. The Morgan fingerprint density at radius 1 is 1.30 bits per heavy atom. The van der Waals surface area contributed by atoms with Gasteiger partial charge in [0, 0.05) is 18.3 Å². The largest absolute Gasteiger partial charge is 0.478 e. The van der Waals surface area contributed by atoms with E-state index < -0.39 is 5.97 Å². The van der Waals surface area contributed by atoms with Gasteiger partial charge in [-0.25, -0.2) is 4.79 Å². The van der Waals surface area contributed by atoms with Gasteiger partial charge in [0.1, 0.15) is 0 Å². The Hall–Kier alpha value is -2.73. The zero-order valence-corrected chi connectivity index (χ0v) is 12.4. The lowest BCUT2D eigenvalue weighted by Gasteiger charge is -2.31. The van der Waals surface area contributed by atoms with Gasteiger partial charge in [0.05, 0.1) is 36.5 Å². The van der Waals surface area contributed by atoms with Crippen molar-refractivity contribution in [3.05, 3.63) is 47.8 Å². The van der Waals surface area contributed by atoms with Gasteiger partial charge >= 0.3 is 5.97 Å². The van der Waals surface area contributed by atoms with E-state index in [1.165, 1.54) is 6.07 Å². The average molecular weight is 312 g/mol. The SMILES string of the molecule is O=C1Cc2nccc(-c3cccc(C(=O)O)c3)c2N(CCO)C1. The highest BCUT2D eigenvalue weighted by atomic mass is 16.4. The lowest BCUT2D eigenvalue weighted by Crippen LogP contribution is -2.38. The Morgan fingerprint density at radius 3 is 2.87 bits per heavy atom. The van der Waals surface area contributed by atoms with Crippen LogP contribution in [0.15, 0.2) is 36.5 Å². The van der Waals surface area contributed by atoms with Crippen LogP contribution >= 0.6 is 0 Å². The quantitative estimate of drug-likeness (QED) is 0.886. The van der Waals surface area contributed by atoms with Crippen LogP contribution in [0.25, 0.3) is 11.1 Å². The van der Waals surface area contributed by atoms with Crippen molar-refractivity contribution >= 4 is 17.4 Å². The van der Waals surface area contributed by atoms with Crippen LogP contribution in [0.2, 0.25) is 0 Å². The molecule has 1 aromatic heterocycles. The number of fused-ring (bicyclic) bond motifs is 1. The number of carbonyl (C=O) groups excluding carboxylic acids is 1. The van der Waals surface area contributed by atoms with E-state index in [2.05, 4.69) is 4.98 Å². The molecule has 0 atom stereocenters. The molecule has 6 nitrogen and oxygen atoms in total. The third-order valence-corrected chi connectivity index (χ3v) is 3.84. The van der Waals surface area contributed by atoms with E-state index in [4.69, 9.17) is 5.11 Å². The van der Waals surface area contributed by atoms with E-state index in [9.17, 15) is 14.7 Å². The van der Waals surface area contributed by atoms with Crippen LogP contribution in [0.4, 0.5) is 5.69 Å². The first-order chi connectivity index (χ1) is 11.1. The number of hydrogen-bond donors (Lipinski definition) is 2. The first-order valence-electron chi connectivity index (χ1n) is 7.29. The second-order valence-electron chi connectivity index (χ2n) is 5.40. The van der Waals surface area contributed by atoms with Gasteiger partial charge in [-0.3, -0.25) is 9.78 Å². The fourth-order valence-corrected chi connectivity index (χ4v) is 2.88. The van der Waals surface area contributed by atoms with Crippen LogP contribution in [0.1, 0.15) is 16.1 Å². The number of anilines is 1. The van der Waals surface area contributed by atoms with Gasteiger partial charge in [0.2, 0.25) is 0 Å². The molecule has 0 fully saturated rings. The van der Waals surface area contributed by atoms with Crippen LogP contribution in [0, 0.1) is 0 Å². The summed E-state index contributed by atoms with van der Waals surface area (Å²) >= 11 is 0. The third-order valence-electron chi connectivity index (χ3n) is 3.84. The molecule has 2 aromatic rings. The molecule has 2 heterocycles. The minimum absolute atomic E-state index is 0.0508. The molecule has 1 aliphatic heterocycles. The molecule has 2 N–H and O–H groups in total. The Bertz CT molecular complexity index is 773. The van der Waals surface area contributed by atoms with Crippen LogP contribution < -0.4 is 4.90 Å². The first kappa shape index (κ1) is 15.2. The molecule has 1 aromatic carbocycles. The first-order valence-corrected chi connectivity index (χ1v) is 7.29. The predicted molar refractivity (Wildman–Crippen MR) is 84.6 cm³/mol. The smallest absolute Gasteiger partial charge is 0.335 e. The lowest BCUT2D eigenvalue weighted by atomic mass is 9.96. The van der Waals surface area contributed by atoms with Gasteiger partial charge in [-0.1, -0.05) is 12.1 Å². The molecule has 3 rings (SSSR count). The minimum Gasteiger partial charge on any atom is -0.478 e. The molecule has 0 radical (unpaired) electrons. The fourth-order valence-electron chi connectivity index (χ4n) is 2.88. The number of rotatable bonds is 4. The van der Waals surface area contributed by atoms with Crippen molar-refractivity contribution in [2.24, 2.45) is 0 Å². The van der Waals surface area contributed by atoms with Gasteiger partial charge in [-0.15, -0.1) is 0 Å². The number of hydrogen-bond acceptors (Lipinski definition) is 5. The van der Waals surface area contributed by atoms with Gasteiger partial charge < -0.3 is 15.1 Å². The number of aromatic nitrogens is 1. The molecule has 0 bridgehead atoms. The van der Waals surface area contributed by atoms with E-state index in [1.54, 1.807) is 29.3 Å². The fraction of sp³-hybridized carbons (Fsp3) is 0.235. The lowest BCUT2D eigenvalue weighted by molar-refractivity contribution is -0.117. The molecule has 0 unspecified atom stereocenters. The molecule has 118 valence electrons. The Labute approximate surface area is 133 Å². The number of benzene rings is 1. The van der Waals surface area contributed by atoms with Crippen LogP contribution in [0.3, 0.4) is 0 Å². The molecule has 0 spiro atoms. The highest BCUT2D eigenvalue weighted by Gasteiger charge is 2.26. The molecular weight excluding hydrogens is 296 g/mol. The second-order valence-corrected chi connectivity index (χ2v) is 5.40.